The van der Waals surface area contributed by atoms with E-state index < -0.39 is 11.9 Å². The molecule has 14 heavy (non-hydrogen) atoms. The highest BCUT2D eigenvalue weighted by Crippen LogP contribution is 2.55. The van der Waals surface area contributed by atoms with Crippen molar-refractivity contribution in [3.63, 3.8) is 0 Å². The zero-order valence-electron chi connectivity index (χ0n) is 7.86. The molecule has 1 N–H and O–H groups in total. The Labute approximate surface area is 90.6 Å². The van der Waals surface area contributed by atoms with Crippen molar-refractivity contribution in [2.24, 2.45) is 0 Å². The molecule has 76 valence electrons. The first-order valence-electron chi connectivity index (χ1n) is 4.11. The lowest BCUT2D eigenvalue weighted by molar-refractivity contribution is -0.176. The summed E-state index contributed by atoms with van der Waals surface area (Å²) in [4.78, 5) is 13.0. The van der Waals surface area contributed by atoms with Crippen molar-refractivity contribution in [3.05, 3.63) is 20.6 Å². The minimum atomic E-state index is -1.33. The summed E-state index contributed by atoms with van der Waals surface area (Å²) in [6, 6.07) is 0. The topological polar surface area (TPSA) is 46.5 Å². The zero-order valence-corrected chi connectivity index (χ0v) is 9.50. The number of thioether (sulfide) groups is 2. The number of ether oxygens (including phenoxy) is 1. The quantitative estimate of drug-likeness (QED) is 0.688. The average Bonchev–Trinajstić information content (AvgIpc) is 2.44. The summed E-state index contributed by atoms with van der Waals surface area (Å²) in [7, 11) is 0. The van der Waals surface area contributed by atoms with Gasteiger partial charge >= 0.3 is 0 Å². The molecule has 0 aliphatic carbocycles. The van der Waals surface area contributed by atoms with Crippen LogP contribution in [0.3, 0.4) is 0 Å². The highest BCUT2D eigenvalue weighted by atomic mass is 32.2. The largest absolute Gasteiger partial charge is 0.362 e. The molecule has 0 radical (unpaired) electrons. The van der Waals surface area contributed by atoms with Crippen LogP contribution in [0.4, 0.5) is 0 Å². The minimum absolute atomic E-state index is 0.351. The fourth-order valence-electron chi connectivity index (χ4n) is 1.40. The molecule has 0 spiro atoms. The van der Waals surface area contributed by atoms with Crippen LogP contribution in [-0.2, 0) is 9.53 Å². The number of hydrogen-bond donors (Lipinski definition) is 1. The first-order valence-corrected chi connectivity index (χ1v) is 5.74. The number of carbonyl (C=O) groups is 1. The van der Waals surface area contributed by atoms with Gasteiger partial charge in [-0.2, -0.15) is 0 Å². The fraction of sp³-hybridized carbons (Fsp3) is 0.444. The Bertz CT molecular complexity index is 357. The Morgan fingerprint density at radius 2 is 2.14 bits per heavy atom. The Kier molecular flexibility index (Phi) is 2.30. The van der Waals surface area contributed by atoms with Gasteiger partial charge in [-0.1, -0.05) is 30.1 Å². The highest BCUT2D eigenvalue weighted by Gasteiger charge is 2.44. The molecule has 2 aliphatic rings. The molecule has 1 unspecified atom stereocenters. The molecule has 0 aromatic heterocycles. The van der Waals surface area contributed by atoms with Crippen LogP contribution >= 0.6 is 23.5 Å². The van der Waals surface area contributed by atoms with Crippen LogP contribution in [0.1, 0.15) is 13.8 Å². The number of aliphatic hydroxyl groups is 1. The Morgan fingerprint density at radius 1 is 1.50 bits per heavy atom. The van der Waals surface area contributed by atoms with E-state index in [9.17, 15) is 9.90 Å². The van der Waals surface area contributed by atoms with Crippen LogP contribution in [0.25, 0.3) is 0 Å². The van der Waals surface area contributed by atoms with Crippen LogP contribution in [0.5, 0.6) is 0 Å². The van der Waals surface area contributed by atoms with Gasteiger partial charge in [0.2, 0.25) is 12.1 Å². The number of Topliss-reactive ketones (excluding diaryl/α,β-unsaturated/α-hetero) is 1. The van der Waals surface area contributed by atoms with E-state index in [-0.39, 0.29) is 5.78 Å². The van der Waals surface area contributed by atoms with Crippen LogP contribution in [-0.4, -0.2) is 22.8 Å². The molecular weight excluding hydrogens is 220 g/mol. The van der Waals surface area contributed by atoms with Crippen molar-refractivity contribution >= 4 is 29.3 Å². The maximum Gasteiger partial charge on any atom is 0.226 e. The third-order valence-electron chi connectivity index (χ3n) is 2.04. The van der Waals surface area contributed by atoms with E-state index in [1.165, 1.54) is 23.5 Å². The molecule has 0 fully saturated rings. The van der Waals surface area contributed by atoms with Crippen LogP contribution in [0.2, 0.25) is 0 Å². The van der Waals surface area contributed by atoms with Crippen LogP contribution in [0, 0.1) is 0 Å². The lowest BCUT2D eigenvalue weighted by atomic mass is 10.0. The molecule has 0 saturated heterocycles. The van der Waals surface area contributed by atoms with E-state index >= 15 is 0 Å². The van der Waals surface area contributed by atoms with Gasteiger partial charge in [0, 0.05) is 9.14 Å². The standard InChI is InChI=1S/C9H10O3S2/c1-4-13-6-5(10)8(11)12-9(2,3)7(6)14-4/h8,11H,1H2,2-3H3. The Hall–Kier alpha value is -0.230. The molecule has 0 amide bonds. The molecule has 0 aromatic carbocycles. The van der Waals surface area contributed by atoms with Crippen molar-refractivity contribution in [2.75, 3.05) is 0 Å². The molecule has 2 aliphatic heterocycles. The molecule has 0 bridgehead atoms. The van der Waals surface area contributed by atoms with Crippen molar-refractivity contribution in [1.29, 1.82) is 0 Å². The SMILES string of the molecule is C=C1SC2=C(S1)C(C)(C)OC(O)C2=O. The third-order valence-corrected chi connectivity index (χ3v) is 4.63. The average molecular weight is 230 g/mol. The van der Waals surface area contributed by atoms with E-state index in [0.717, 1.165) is 9.14 Å². The zero-order chi connectivity index (χ0) is 10.5. The number of ketones is 1. The maximum atomic E-state index is 11.5. The van der Waals surface area contributed by atoms with Gasteiger partial charge in [-0.05, 0) is 13.8 Å². The molecule has 2 heterocycles. The van der Waals surface area contributed by atoms with Crippen molar-refractivity contribution in [2.45, 2.75) is 25.7 Å². The predicted molar refractivity (Wildman–Crippen MR) is 57.5 cm³/mol. The van der Waals surface area contributed by atoms with Gasteiger partial charge in [-0.25, -0.2) is 0 Å². The molecule has 0 aromatic rings. The Morgan fingerprint density at radius 3 is 2.79 bits per heavy atom. The maximum absolute atomic E-state index is 11.5. The van der Waals surface area contributed by atoms with Crippen molar-refractivity contribution < 1.29 is 14.6 Å². The molecular formula is C9H10O3S2. The van der Waals surface area contributed by atoms with Gasteiger partial charge in [0.15, 0.2) is 0 Å². The summed E-state index contributed by atoms with van der Waals surface area (Å²) in [5.74, 6) is -0.351. The lowest BCUT2D eigenvalue weighted by Crippen LogP contribution is -2.41. The second kappa shape index (κ2) is 3.13. The molecule has 5 heteroatoms. The smallest absolute Gasteiger partial charge is 0.226 e. The van der Waals surface area contributed by atoms with Gasteiger partial charge in [-0.3, -0.25) is 4.79 Å². The van der Waals surface area contributed by atoms with E-state index in [0.29, 0.717) is 4.91 Å². The van der Waals surface area contributed by atoms with Gasteiger partial charge < -0.3 is 9.84 Å². The van der Waals surface area contributed by atoms with Gasteiger partial charge in [0.1, 0.15) is 0 Å². The predicted octanol–water partition coefficient (Wildman–Crippen LogP) is 1.85. The van der Waals surface area contributed by atoms with Crippen molar-refractivity contribution in [3.8, 4) is 0 Å². The van der Waals surface area contributed by atoms with Crippen molar-refractivity contribution in [1.82, 2.24) is 0 Å². The van der Waals surface area contributed by atoms with Gasteiger partial charge in [0.05, 0.1) is 10.5 Å². The van der Waals surface area contributed by atoms with E-state index in [2.05, 4.69) is 6.58 Å². The monoisotopic (exact) mass is 230 g/mol. The van der Waals surface area contributed by atoms with Gasteiger partial charge in [-0.15, -0.1) is 0 Å². The molecule has 0 saturated carbocycles. The number of aliphatic hydroxyl groups excluding tert-OH is 1. The van der Waals surface area contributed by atoms with Crippen LogP contribution < -0.4 is 0 Å². The molecule has 1 atom stereocenters. The summed E-state index contributed by atoms with van der Waals surface area (Å²) in [6.07, 6.45) is -1.33. The number of carbonyl (C=O) groups excluding carboxylic acids is 1. The first kappa shape index (κ1) is 10.3. The third kappa shape index (κ3) is 1.44. The van der Waals surface area contributed by atoms with E-state index in [1.54, 1.807) is 0 Å². The Balaban J connectivity index is 2.47. The molecule has 3 nitrogen and oxygen atoms in total. The normalized spacial score (nSPS) is 30.9. The summed E-state index contributed by atoms with van der Waals surface area (Å²) in [5.41, 5.74) is -0.597. The first-order chi connectivity index (χ1) is 6.42. The lowest BCUT2D eigenvalue weighted by Gasteiger charge is -2.32. The van der Waals surface area contributed by atoms with Crippen LogP contribution in [0.15, 0.2) is 20.6 Å². The molecule has 2 rings (SSSR count). The van der Waals surface area contributed by atoms with E-state index in [4.69, 9.17) is 4.74 Å². The second-order valence-electron chi connectivity index (χ2n) is 3.58. The highest BCUT2D eigenvalue weighted by molar-refractivity contribution is 8.29. The summed E-state index contributed by atoms with van der Waals surface area (Å²) in [5, 5.41) is 9.39. The number of hydrogen-bond acceptors (Lipinski definition) is 5. The number of rotatable bonds is 0. The minimum Gasteiger partial charge on any atom is -0.362 e. The second-order valence-corrected chi connectivity index (χ2v) is 6.05. The fourth-order valence-corrected chi connectivity index (χ4v) is 3.80. The summed E-state index contributed by atoms with van der Waals surface area (Å²) < 4.78 is 6.08. The van der Waals surface area contributed by atoms with E-state index in [1.807, 2.05) is 13.8 Å². The summed E-state index contributed by atoms with van der Waals surface area (Å²) >= 11 is 2.78. The summed E-state index contributed by atoms with van der Waals surface area (Å²) in [6.45, 7) is 7.47. The van der Waals surface area contributed by atoms with Gasteiger partial charge in [0.25, 0.3) is 0 Å².